The molecule has 1 aliphatic carbocycles. The molecule has 0 radical (unpaired) electrons. The summed E-state index contributed by atoms with van der Waals surface area (Å²) in [5.74, 6) is 1.29. The molecule has 0 saturated heterocycles. The van der Waals surface area contributed by atoms with Crippen molar-refractivity contribution in [1.29, 1.82) is 0 Å². The smallest absolute Gasteiger partial charge is 0.242 e. The summed E-state index contributed by atoms with van der Waals surface area (Å²) in [5.41, 5.74) is 2.85. The second kappa shape index (κ2) is 3.06. The fourth-order valence-corrected chi connectivity index (χ4v) is 4.10. The predicted octanol–water partition coefficient (Wildman–Crippen LogP) is 2.46. The third-order valence-electron chi connectivity index (χ3n) is 5.01. The Labute approximate surface area is 116 Å². The van der Waals surface area contributed by atoms with Gasteiger partial charge in [0.05, 0.1) is 0 Å². The van der Waals surface area contributed by atoms with E-state index < -0.39 is 5.41 Å². The molecular formula is C17H13NO2. The molecule has 2 heterocycles. The number of hydrogen-bond acceptors (Lipinski definition) is 2. The van der Waals surface area contributed by atoms with Crippen molar-refractivity contribution >= 4 is 11.6 Å². The highest BCUT2D eigenvalue weighted by Crippen LogP contribution is 2.71. The van der Waals surface area contributed by atoms with Gasteiger partial charge in [-0.1, -0.05) is 36.4 Å². The molecule has 98 valence electrons. The summed E-state index contributed by atoms with van der Waals surface area (Å²) in [6, 6.07) is 16.1. The van der Waals surface area contributed by atoms with Gasteiger partial charge in [-0.3, -0.25) is 4.79 Å². The first-order valence-corrected chi connectivity index (χ1v) is 6.89. The Morgan fingerprint density at radius 3 is 2.75 bits per heavy atom. The maximum Gasteiger partial charge on any atom is 0.242 e. The summed E-state index contributed by atoms with van der Waals surface area (Å²) in [6.07, 6.45) is -0.0292. The standard InChI is InChI=1S/C17H13NO2/c1-18-12-8-4-3-7-11(12)17(16(18)19)14-10-6-2-5-9-13(10)20-15(14)17/h2-9,14-15H,1H3/t14-,15+,17+/m1/s1. The van der Waals surface area contributed by atoms with Gasteiger partial charge in [-0.2, -0.15) is 0 Å². The average Bonchev–Trinajstić information content (AvgIpc) is 2.88. The number of para-hydroxylation sites is 2. The van der Waals surface area contributed by atoms with Gasteiger partial charge in [-0.25, -0.2) is 0 Å². The van der Waals surface area contributed by atoms with E-state index in [2.05, 4.69) is 12.1 Å². The normalized spacial score (nSPS) is 31.9. The lowest BCUT2D eigenvalue weighted by molar-refractivity contribution is -0.120. The summed E-state index contributed by atoms with van der Waals surface area (Å²) in [7, 11) is 1.86. The molecule has 1 amide bonds. The molecule has 3 atom stereocenters. The molecule has 2 aliphatic heterocycles. The molecule has 2 aromatic carbocycles. The number of likely N-dealkylation sites (N-methyl/N-ethyl adjacent to an activating group) is 1. The van der Waals surface area contributed by atoms with Crippen LogP contribution in [0.3, 0.4) is 0 Å². The number of carbonyl (C=O) groups is 1. The minimum Gasteiger partial charge on any atom is -0.488 e. The molecule has 3 nitrogen and oxygen atoms in total. The Bertz CT molecular complexity index is 769. The Morgan fingerprint density at radius 2 is 1.85 bits per heavy atom. The lowest BCUT2D eigenvalue weighted by Gasteiger charge is -2.15. The number of carbonyl (C=O) groups excluding carboxylic acids is 1. The quantitative estimate of drug-likeness (QED) is 0.730. The summed E-state index contributed by atoms with van der Waals surface area (Å²) >= 11 is 0. The van der Waals surface area contributed by atoms with E-state index in [4.69, 9.17) is 4.74 Å². The number of fused-ring (bicyclic) bond motifs is 7. The van der Waals surface area contributed by atoms with Gasteiger partial charge in [0.25, 0.3) is 0 Å². The molecule has 1 saturated carbocycles. The zero-order valence-electron chi connectivity index (χ0n) is 11.0. The SMILES string of the molecule is CN1C(=O)[C@@]2(c3ccccc31)[C@@H]1c3ccccc3O[C@@H]12. The first-order valence-electron chi connectivity index (χ1n) is 6.89. The number of hydrogen-bond donors (Lipinski definition) is 0. The van der Waals surface area contributed by atoms with E-state index in [1.165, 1.54) is 5.56 Å². The highest BCUT2D eigenvalue weighted by atomic mass is 16.5. The summed E-state index contributed by atoms with van der Waals surface area (Å²) in [5, 5.41) is 0. The van der Waals surface area contributed by atoms with Crippen LogP contribution >= 0.6 is 0 Å². The van der Waals surface area contributed by atoms with Gasteiger partial charge in [-0.15, -0.1) is 0 Å². The molecule has 1 fully saturated rings. The van der Waals surface area contributed by atoms with E-state index in [1.807, 2.05) is 43.4 Å². The fourth-order valence-electron chi connectivity index (χ4n) is 4.10. The van der Waals surface area contributed by atoms with Gasteiger partial charge in [-0.05, 0) is 17.7 Å². The molecule has 20 heavy (non-hydrogen) atoms. The maximum atomic E-state index is 12.8. The Morgan fingerprint density at radius 1 is 1.10 bits per heavy atom. The predicted molar refractivity (Wildman–Crippen MR) is 75.1 cm³/mol. The van der Waals surface area contributed by atoms with Crippen LogP contribution in [0.2, 0.25) is 0 Å². The van der Waals surface area contributed by atoms with Crippen LogP contribution < -0.4 is 9.64 Å². The topological polar surface area (TPSA) is 29.5 Å². The fraction of sp³-hybridized carbons (Fsp3) is 0.235. The monoisotopic (exact) mass is 263 g/mol. The lowest BCUT2D eigenvalue weighted by Crippen LogP contribution is -2.33. The molecule has 0 bridgehead atoms. The Kier molecular flexibility index (Phi) is 1.61. The van der Waals surface area contributed by atoms with Crippen molar-refractivity contribution in [3.63, 3.8) is 0 Å². The van der Waals surface area contributed by atoms with Gasteiger partial charge < -0.3 is 9.64 Å². The van der Waals surface area contributed by atoms with Gasteiger partial charge in [0.15, 0.2) is 0 Å². The lowest BCUT2D eigenvalue weighted by atomic mass is 9.91. The van der Waals surface area contributed by atoms with Crippen LogP contribution in [0.5, 0.6) is 5.75 Å². The van der Waals surface area contributed by atoms with Gasteiger partial charge >= 0.3 is 0 Å². The first-order chi connectivity index (χ1) is 9.76. The van der Waals surface area contributed by atoms with E-state index in [-0.39, 0.29) is 17.9 Å². The van der Waals surface area contributed by atoms with Crippen LogP contribution in [-0.2, 0) is 10.2 Å². The van der Waals surface area contributed by atoms with E-state index in [1.54, 1.807) is 4.90 Å². The summed E-state index contributed by atoms with van der Waals surface area (Å²) in [6.45, 7) is 0. The van der Waals surface area contributed by atoms with Crippen LogP contribution in [0, 0.1) is 0 Å². The molecule has 5 rings (SSSR count). The molecule has 1 spiro atoms. The van der Waals surface area contributed by atoms with Crippen molar-refractivity contribution in [2.24, 2.45) is 0 Å². The van der Waals surface area contributed by atoms with Crippen molar-refractivity contribution in [3.05, 3.63) is 59.7 Å². The number of ether oxygens (including phenoxy) is 1. The van der Waals surface area contributed by atoms with E-state index in [0.717, 1.165) is 17.0 Å². The third-order valence-corrected chi connectivity index (χ3v) is 5.01. The van der Waals surface area contributed by atoms with E-state index in [9.17, 15) is 4.79 Å². The van der Waals surface area contributed by atoms with Crippen molar-refractivity contribution in [2.75, 3.05) is 11.9 Å². The van der Waals surface area contributed by atoms with E-state index in [0.29, 0.717) is 0 Å². The van der Waals surface area contributed by atoms with Crippen LogP contribution in [0.1, 0.15) is 17.0 Å². The van der Waals surface area contributed by atoms with Crippen molar-refractivity contribution in [1.82, 2.24) is 0 Å². The van der Waals surface area contributed by atoms with Crippen molar-refractivity contribution in [3.8, 4) is 5.75 Å². The molecule has 3 aliphatic rings. The molecule has 0 N–H and O–H groups in total. The third kappa shape index (κ3) is 0.893. The number of benzene rings is 2. The molecule has 0 unspecified atom stereocenters. The second-order valence-corrected chi connectivity index (χ2v) is 5.80. The highest BCUT2D eigenvalue weighted by molar-refractivity contribution is 6.12. The minimum absolute atomic E-state index is 0.0292. The Hall–Kier alpha value is -2.29. The van der Waals surface area contributed by atoms with Crippen LogP contribution in [0.15, 0.2) is 48.5 Å². The van der Waals surface area contributed by atoms with Crippen molar-refractivity contribution < 1.29 is 9.53 Å². The minimum atomic E-state index is -0.473. The summed E-state index contributed by atoms with van der Waals surface area (Å²) in [4.78, 5) is 14.6. The van der Waals surface area contributed by atoms with Gasteiger partial charge in [0.1, 0.15) is 17.3 Å². The number of rotatable bonds is 0. The summed E-state index contributed by atoms with van der Waals surface area (Å²) < 4.78 is 6.05. The van der Waals surface area contributed by atoms with Gasteiger partial charge in [0, 0.05) is 24.2 Å². The zero-order chi connectivity index (χ0) is 13.5. The molecule has 3 heteroatoms. The second-order valence-electron chi connectivity index (χ2n) is 5.80. The molecule has 2 aromatic rings. The number of nitrogens with zero attached hydrogens (tertiary/aromatic N) is 1. The zero-order valence-corrected chi connectivity index (χ0v) is 11.0. The van der Waals surface area contributed by atoms with Crippen LogP contribution in [-0.4, -0.2) is 19.1 Å². The number of amides is 1. The largest absolute Gasteiger partial charge is 0.488 e. The van der Waals surface area contributed by atoms with Crippen molar-refractivity contribution in [2.45, 2.75) is 17.4 Å². The highest BCUT2D eigenvalue weighted by Gasteiger charge is 2.79. The maximum absolute atomic E-state index is 12.8. The van der Waals surface area contributed by atoms with Gasteiger partial charge in [0.2, 0.25) is 5.91 Å². The first kappa shape index (κ1) is 10.5. The van der Waals surface area contributed by atoms with Crippen LogP contribution in [0.4, 0.5) is 5.69 Å². The Balaban J connectivity index is 1.74. The molecule has 0 aromatic heterocycles. The average molecular weight is 263 g/mol. The van der Waals surface area contributed by atoms with E-state index >= 15 is 0 Å². The number of anilines is 1. The van der Waals surface area contributed by atoms with Crippen LogP contribution in [0.25, 0.3) is 0 Å². The molecular weight excluding hydrogens is 250 g/mol.